The zero-order valence-corrected chi connectivity index (χ0v) is 15.1. The van der Waals surface area contributed by atoms with Gasteiger partial charge in [0.1, 0.15) is 0 Å². The van der Waals surface area contributed by atoms with E-state index in [0.29, 0.717) is 18.7 Å². The molecule has 5 heteroatoms. The summed E-state index contributed by atoms with van der Waals surface area (Å²) in [4.78, 5) is 23.8. The van der Waals surface area contributed by atoms with Crippen molar-refractivity contribution < 1.29 is 14.7 Å². The number of amides is 2. The van der Waals surface area contributed by atoms with Crippen molar-refractivity contribution in [2.75, 3.05) is 6.54 Å². The predicted octanol–water partition coefficient (Wildman–Crippen LogP) is 2.69. The van der Waals surface area contributed by atoms with Crippen LogP contribution in [0.15, 0.2) is 35.9 Å². The largest absolute Gasteiger partial charge is 0.388 e. The van der Waals surface area contributed by atoms with E-state index >= 15 is 0 Å². The molecule has 0 bridgehead atoms. The molecule has 25 heavy (non-hydrogen) atoms. The minimum Gasteiger partial charge on any atom is -0.388 e. The van der Waals surface area contributed by atoms with Gasteiger partial charge in [-0.05, 0) is 44.4 Å². The molecule has 0 unspecified atom stereocenters. The Morgan fingerprint density at radius 2 is 1.72 bits per heavy atom. The van der Waals surface area contributed by atoms with Crippen molar-refractivity contribution >= 4 is 11.8 Å². The molecule has 0 spiro atoms. The van der Waals surface area contributed by atoms with Crippen LogP contribution < -0.4 is 10.6 Å². The van der Waals surface area contributed by atoms with Crippen LogP contribution in [-0.2, 0) is 11.3 Å². The third-order valence-electron chi connectivity index (χ3n) is 4.46. The Hall–Kier alpha value is -2.14. The van der Waals surface area contributed by atoms with E-state index in [4.69, 9.17) is 0 Å². The van der Waals surface area contributed by atoms with E-state index in [1.165, 1.54) is 0 Å². The molecule has 0 atom stereocenters. The van der Waals surface area contributed by atoms with Crippen molar-refractivity contribution in [2.24, 2.45) is 0 Å². The minimum absolute atomic E-state index is 0.123. The molecule has 1 aromatic rings. The van der Waals surface area contributed by atoms with E-state index in [1.54, 1.807) is 18.2 Å². The molecule has 0 aromatic heterocycles. The van der Waals surface area contributed by atoms with Crippen LogP contribution in [0.4, 0.5) is 0 Å². The monoisotopic (exact) mass is 344 g/mol. The van der Waals surface area contributed by atoms with Gasteiger partial charge in [-0.1, -0.05) is 37.0 Å². The normalized spacial score (nSPS) is 16.0. The van der Waals surface area contributed by atoms with Gasteiger partial charge in [0.05, 0.1) is 5.60 Å². The highest BCUT2D eigenvalue weighted by atomic mass is 16.3. The number of nitrogens with one attached hydrogen (secondary N) is 2. The lowest BCUT2D eigenvalue weighted by molar-refractivity contribution is -0.116. The highest BCUT2D eigenvalue weighted by Crippen LogP contribution is 2.27. The molecule has 1 aliphatic rings. The first-order chi connectivity index (χ1) is 11.9. The smallest absolute Gasteiger partial charge is 0.251 e. The lowest BCUT2D eigenvalue weighted by Crippen LogP contribution is -2.44. The molecule has 1 fully saturated rings. The quantitative estimate of drug-likeness (QED) is 0.694. The second kappa shape index (κ2) is 8.81. The Morgan fingerprint density at radius 3 is 2.32 bits per heavy atom. The average molecular weight is 344 g/mol. The maximum absolute atomic E-state index is 12.2. The number of carbonyl (C=O) groups excluding carboxylic acids is 2. The van der Waals surface area contributed by atoms with E-state index in [-0.39, 0.29) is 11.8 Å². The highest BCUT2D eigenvalue weighted by molar-refractivity contribution is 5.94. The molecule has 1 aromatic carbocycles. The first-order valence-corrected chi connectivity index (χ1v) is 8.90. The van der Waals surface area contributed by atoms with Crippen molar-refractivity contribution in [1.82, 2.24) is 10.6 Å². The number of allylic oxidation sites excluding steroid dienone is 1. The summed E-state index contributed by atoms with van der Waals surface area (Å²) in [6.45, 7) is 4.46. The van der Waals surface area contributed by atoms with Crippen LogP contribution >= 0.6 is 0 Å². The fourth-order valence-electron chi connectivity index (χ4n) is 3.01. The Bertz CT molecular complexity index is 625. The minimum atomic E-state index is -0.761. The van der Waals surface area contributed by atoms with Crippen LogP contribution in [0.1, 0.15) is 61.9 Å². The molecule has 0 heterocycles. The van der Waals surface area contributed by atoms with Crippen LogP contribution in [-0.4, -0.2) is 29.1 Å². The Balaban J connectivity index is 1.83. The third-order valence-corrected chi connectivity index (χ3v) is 4.46. The van der Waals surface area contributed by atoms with Gasteiger partial charge in [0.25, 0.3) is 5.91 Å². The van der Waals surface area contributed by atoms with Gasteiger partial charge in [0, 0.05) is 24.7 Å². The Kier molecular flexibility index (Phi) is 6.76. The van der Waals surface area contributed by atoms with E-state index in [0.717, 1.165) is 43.2 Å². The number of rotatable bonds is 6. The molecule has 0 aliphatic heterocycles. The molecule has 1 saturated carbocycles. The first-order valence-electron chi connectivity index (χ1n) is 8.90. The molecule has 0 saturated heterocycles. The van der Waals surface area contributed by atoms with E-state index in [1.807, 2.05) is 26.0 Å². The van der Waals surface area contributed by atoms with Gasteiger partial charge in [0.15, 0.2) is 0 Å². The van der Waals surface area contributed by atoms with E-state index < -0.39 is 5.60 Å². The van der Waals surface area contributed by atoms with Gasteiger partial charge >= 0.3 is 0 Å². The molecule has 2 rings (SSSR count). The maximum atomic E-state index is 12.2. The van der Waals surface area contributed by atoms with Crippen LogP contribution in [0.3, 0.4) is 0 Å². The molecule has 3 N–H and O–H groups in total. The lowest BCUT2D eigenvalue weighted by atomic mass is 9.85. The average Bonchev–Trinajstić information content (AvgIpc) is 2.58. The Morgan fingerprint density at radius 1 is 1.08 bits per heavy atom. The second-order valence-corrected chi connectivity index (χ2v) is 7.10. The molecule has 136 valence electrons. The summed E-state index contributed by atoms with van der Waals surface area (Å²) in [5.41, 5.74) is 1.67. The number of hydrogen-bond donors (Lipinski definition) is 3. The van der Waals surface area contributed by atoms with Gasteiger partial charge in [-0.15, -0.1) is 0 Å². The highest BCUT2D eigenvalue weighted by Gasteiger charge is 2.29. The van der Waals surface area contributed by atoms with Crippen LogP contribution in [0.2, 0.25) is 0 Å². The van der Waals surface area contributed by atoms with Gasteiger partial charge in [0.2, 0.25) is 5.91 Å². The molecular formula is C20H28N2O3. The van der Waals surface area contributed by atoms with Crippen molar-refractivity contribution in [3.8, 4) is 0 Å². The number of carbonyl (C=O) groups is 2. The van der Waals surface area contributed by atoms with Gasteiger partial charge in [-0.3, -0.25) is 9.59 Å². The van der Waals surface area contributed by atoms with Gasteiger partial charge in [-0.25, -0.2) is 0 Å². The summed E-state index contributed by atoms with van der Waals surface area (Å²) in [6.07, 6.45) is 6.23. The molecule has 2 amide bonds. The van der Waals surface area contributed by atoms with Gasteiger partial charge in [-0.2, -0.15) is 0 Å². The number of benzene rings is 1. The number of aliphatic hydroxyl groups is 1. The molecule has 1 aliphatic carbocycles. The predicted molar refractivity (Wildman–Crippen MR) is 98.1 cm³/mol. The standard InChI is InChI=1S/C20H28N2O3/c1-15(2)12-18(23)21-13-16-6-8-17(9-7-16)19(24)22-14-20(25)10-4-3-5-11-20/h6-9,12,25H,3-5,10-11,13-14H2,1-2H3,(H,21,23)(H,22,24). The third kappa shape index (κ3) is 6.35. The molecule has 5 nitrogen and oxygen atoms in total. The molecule has 0 radical (unpaired) electrons. The van der Waals surface area contributed by atoms with Crippen LogP contribution in [0.5, 0.6) is 0 Å². The lowest BCUT2D eigenvalue weighted by Gasteiger charge is -2.32. The van der Waals surface area contributed by atoms with E-state index in [9.17, 15) is 14.7 Å². The van der Waals surface area contributed by atoms with Crippen molar-refractivity contribution in [3.63, 3.8) is 0 Å². The number of hydrogen-bond acceptors (Lipinski definition) is 3. The zero-order valence-electron chi connectivity index (χ0n) is 15.1. The van der Waals surface area contributed by atoms with E-state index in [2.05, 4.69) is 10.6 Å². The topological polar surface area (TPSA) is 78.4 Å². The fourth-order valence-corrected chi connectivity index (χ4v) is 3.01. The van der Waals surface area contributed by atoms with Crippen molar-refractivity contribution in [2.45, 2.75) is 58.1 Å². The summed E-state index contributed by atoms with van der Waals surface area (Å²) >= 11 is 0. The summed E-state index contributed by atoms with van der Waals surface area (Å²) in [7, 11) is 0. The van der Waals surface area contributed by atoms with Gasteiger partial charge < -0.3 is 15.7 Å². The molecular weight excluding hydrogens is 316 g/mol. The SMILES string of the molecule is CC(C)=CC(=O)NCc1ccc(C(=O)NCC2(O)CCCCC2)cc1. The zero-order chi connectivity index (χ0) is 18.3. The summed E-state index contributed by atoms with van der Waals surface area (Å²) in [6, 6.07) is 7.13. The second-order valence-electron chi connectivity index (χ2n) is 7.10. The van der Waals surface area contributed by atoms with Crippen molar-refractivity contribution in [3.05, 3.63) is 47.0 Å². The summed E-state index contributed by atoms with van der Waals surface area (Å²) < 4.78 is 0. The summed E-state index contributed by atoms with van der Waals surface area (Å²) in [5.74, 6) is -0.304. The van der Waals surface area contributed by atoms with Crippen LogP contribution in [0.25, 0.3) is 0 Å². The fraction of sp³-hybridized carbons (Fsp3) is 0.500. The first kappa shape index (κ1) is 19.2. The summed E-state index contributed by atoms with van der Waals surface area (Å²) in [5, 5.41) is 16.1. The maximum Gasteiger partial charge on any atom is 0.251 e. The van der Waals surface area contributed by atoms with Crippen molar-refractivity contribution in [1.29, 1.82) is 0 Å². The van der Waals surface area contributed by atoms with Crippen LogP contribution in [0, 0.1) is 0 Å². The Labute approximate surface area is 149 Å².